The van der Waals surface area contributed by atoms with Gasteiger partial charge < -0.3 is 14.5 Å². The third-order valence-corrected chi connectivity index (χ3v) is 3.51. The number of ether oxygens (including phenoxy) is 1. The highest BCUT2D eigenvalue weighted by atomic mass is 35.5. The van der Waals surface area contributed by atoms with Gasteiger partial charge in [0.05, 0.1) is 5.39 Å². The first-order chi connectivity index (χ1) is 12.0. The van der Waals surface area contributed by atoms with E-state index < -0.39 is 18.5 Å². The van der Waals surface area contributed by atoms with Crippen molar-refractivity contribution < 1.29 is 18.7 Å². The number of hydrogen-bond acceptors (Lipinski definition) is 5. The lowest BCUT2D eigenvalue weighted by Gasteiger charge is -2.07. The number of carbonyl (C=O) groups is 2. The summed E-state index contributed by atoms with van der Waals surface area (Å²) >= 11 is 5.82. The molecule has 0 aliphatic carbocycles. The molecule has 6 nitrogen and oxygen atoms in total. The molecule has 7 heteroatoms. The lowest BCUT2D eigenvalue weighted by molar-refractivity contribution is -0.119. The van der Waals surface area contributed by atoms with Gasteiger partial charge in [-0.25, -0.2) is 4.79 Å². The average Bonchev–Trinajstić information content (AvgIpc) is 2.59. The van der Waals surface area contributed by atoms with Crippen LogP contribution in [0.4, 0.5) is 5.69 Å². The second-order valence-corrected chi connectivity index (χ2v) is 5.54. The van der Waals surface area contributed by atoms with E-state index in [2.05, 4.69) is 5.32 Å². The topological polar surface area (TPSA) is 85.6 Å². The normalized spacial score (nSPS) is 10.4. The monoisotopic (exact) mass is 357 g/mol. The minimum Gasteiger partial charge on any atom is -0.450 e. The van der Waals surface area contributed by atoms with Crippen LogP contribution in [-0.2, 0) is 9.53 Å². The second-order valence-electron chi connectivity index (χ2n) is 5.11. The van der Waals surface area contributed by atoms with Gasteiger partial charge in [-0.05, 0) is 30.3 Å². The number of para-hydroxylation sites is 1. The van der Waals surface area contributed by atoms with Crippen LogP contribution >= 0.6 is 11.6 Å². The fourth-order valence-corrected chi connectivity index (χ4v) is 2.36. The van der Waals surface area contributed by atoms with E-state index in [9.17, 15) is 14.4 Å². The van der Waals surface area contributed by atoms with Crippen molar-refractivity contribution in [3.63, 3.8) is 0 Å². The Morgan fingerprint density at radius 1 is 1.08 bits per heavy atom. The number of rotatable bonds is 4. The van der Waals surface area contributed by atoms with E-state index in [0.717, 1.165) is 6.07 Å². The van der Waals surface area contributed by atoms with Gasteiger partial charge in [-0.1, -0.05) is 29.8 Å². The summed E-state index contributed by atoms with van der Waals surface area (Å²) in [6.45, 7) is -0.526. The Morgan fingerprint density at radius 3 is 2.68 bits per heavy atom. The molecule has 0 aliphatic heterocycles. The Bertz CT molecular complexity index is 1010. The maximum atomic E-state index is 12.0. The molecule has 0 fully saturated rings. The Hall–Kier alpha value is -3.12. The first-order valence-electron chi connectivity index (χ1n) is 7.28. The molecule has 1 aromatic heterocycles. The maximum Gasteiger partial charge on any atom is 0.374 e. The zero-order valence-electron chi connectivity index (χ0n) is 12.8. The summed E-state index contributed by atoms with van der Waals surface area (Å²) in [6.07, 6.45) is 0. The van der Waals surface area contributed by atoms with Crippen molar-refractivity contribution in [1.82, 2.24) is 0 Å². The van der Waals surface area contributed by atoms with Crippen molar-refractivity contribution in [2.45, 2.75) is 0 Å². The van der Waals surface area contributed by atoms with E-state index in [1.807, 2.05) is 0 Å². The number of esters is 1. The molecule has 0 aliphatic rings. The van der Waals surface area contributed by atoms with Crippen molar-refractivity contribution in [2.75, 3.05) is 11.9 Å². The molecule has 0 unspecified atom stereocenters. The molecule has 0 bridgehead atoms. The Morgan fingerprint density at radius 2 is 1.88 bits per heavy atom. The van der Waals surface area contributed by atoms with Crippen LogP contribution in [0.15, 0.2) is 63.8 Å². The lowest BCUT2D eigenvalue weighted by atomic mass is 10.2. The van der Waals surface area contributed by atoms with Gasteiger partial charge in [-0.15, -0.1) is 0 Å². The molecular weight excluding hydrogens is 346 g/mol. The number of amides is 1. The van der Waals surface area contributed by atoms with Crippen molar-refractivity contribution in [3.8, 4) is 0 Å². The maximum absolute atomic E-state index is 12.0. The molecule has 2 aromatic carbocycles. The van der Waals surface area contributed by atoms with E-state index >= 15 is 0 Å². The summed E-state index contributed by atoms with van der Waals surface area (Å²) in [5, 5.41) is 3.36. The molecule has 0 radical (unpaired) electrons. The van der Waals surface area contributed by atoms with E-state index in [1.165, 1.54) is 0 Å². The third kappa shape index (κ3) is 4.05. The summed E-state index contributed by atoms with van der Waals surface area (Å²) in [4.78, 5) is 35.8. The van der Waals surface area contributed by atoms with Gasteiger partial charge in [0.2, 0.25) is 5.76 Å². The van der Waals surface area contributed by atoms with Gasteiger partial charge in [-0.2, -0.15) is 0 Å². The van der Waals surface area contributed by atoms with Crippen molar-refractivity contribution >= 4 is 40.1 Å². The fraction of sp³-hybridized carbons (Fsp3) is 0.0556. The number of carbonyl (C=O) groups excluding carboxylic acids is 2. The van der Waals surface area contributed by atoms with Gasteiger partial charge in [0.1, 0.15) is 5.58 Å². The lowest BCUT2D eigenvalue weighted by Crippen LogP contribution is -2.21. The van der Waals surface area contributed by atoms with Crippen LogP contribution in [0.25, 0.3) is 11.0 Å². The highest BCUT2D eigenvalue weighted by molar-refractivity contribution is 6.30. The second kappa shape index (κ2) is 7.19. The summed E-state index contributed by atoms with van der Waals surface area (Å²) in [5.41, 5.74) is 0.383. The van der Waals surface area contributed by atoms with Gasteiger partial charge >= 0.3 is 5.97 Å². The predicted octanol–water partition coefficient (Wildman–Crippen LogP) is 3.24. The minimum absolute atomic E-state index is 0.265. The molecule has 25 heavy (non-hydrogen) atoms. The summed E-state index contributed by atoms with van der Waals surface area (Å²) in [5.74, 6) is -1.71. The smallest absolute Gasteiger partial charge is 0.374 e. The zero-order valence-corrected chi connectivity index (χ0v) is 13.6. The molecule has 1 N–H and O–H groups in total. The predicted molar refractivity (Wildman–Crippen MR) is 92.8 cm³/mol. The standard InChI is InChI=1S/C18H12ClNO5/c19-11-4-3-5-12(8-11)20-17(22)10-24-18(23)16-9-14(21)13-6-1-2-7-15(13)25-16/h1-9H,10H2,(H,20,22). The minimum atomic E-state index is -0.899. The number of nitrogens with one attached hydrogen (secondary N) is 1. The number of anilines is 1. The van der Waals surface area contributed by atoms with Gasteiger partial charge in [-0.3, -0.25) is 9.59 Å². The number of benzene rings is 2. The van der Waals surface area contributed by atoms with Crippen LogP contribution in [-0.4, -0.2) is 18.5 Å². The molecule has 0 atom stereocenters. The van der Waals surface area contributed by atoms with Crippen LogP contribution in [0.3, 0.4) is 0 Å². The van der Waals surface area contributed by atoms with Crippen LogP contribution < -0.4 is 10.7 Å². The summed E-state index contributed by atoms with van der Waals surface area (Å²) < 4.78 is 10.2. The molecule has 0 saturated carbocycles. The van der Waals surface area contributed by atoms with Gasteiger partial charge in [0, 0.05) is 16.8 Å². The Kier molecular flexibility index (Phi) is 4.81. The summed E-state index contributed by atoms with van der Waals surface area (Å²) in [6, 6.07) is 14.1. The number of hydrogen-bond donors (Lipinski definition) is 1. The molecular formula is C18H12ClNO5. The van der Waals surface area contributed by atoms with Gasteiger partial charge in [0.25, 0.3) is 5.91 Å². The van der Waals surface area contributed by atoms with Crippen LogP contribution in [0.5, 0.6) is 0 Å². The molecule has 3 aromatic rings. The van der Waals surface area contributed by atoms with E-state index in [0.29, 0.717) is 16.1 Å². The fourth-order valence-electron chi connectivity index (χ4n) is 2.17. The number of fused-ring (bicyclic) bond motifs is 1. The first kappa shape index (κ1) is 16.7. The molecule has 126 valence electrons. The van der Waals surface area contributed by atoms with Crippen molar-refractivity contribution in [2.24, 2.45) is 0 Å². The highest BCUT2D eigenvalue weighted by Crippen LogP contribution is 2.15. The molecule has 1 amide bonds. The Labute approximate surface area is 147 Å². The van der Waals surface area contributed by atoms with Crippen molar-refractivity contribution in [1.29, 1.82) is 0 Å². The molecule has 3 rings (SSSR count). The first-order valence-corrected chi connectivity index (χ1v) is 7.66. The van der Waals surface area contributed by atoms with Crippen LogP contribution in [0, 0.1) is 0 Å². The van der Waals surface area contributed by atoms with E-state index in [-0.39, 0.29) is 16.8 Å². The van der Waals surface area contributed by atoms with E-state index in [4.69, 9.17) is 20.8 Å². The average molecular weight is 358 g/mol. The number of halogens is 1. The van der Waals surface area contributed by atoms with Crippen LogP contribution in [0.1, 0.15) is 10.6 Å². The third-order valence-electron chi connectivity index (χ3n) is 3.28. The molecule has 0 spiro atoms. The quantitative estimate of drug-likeness (QED) is 0.724. The SMILES string of the molecule is O=C(COC(=O)c1cc(=O)c2ccccc2o1)Nc1cccc(Cl)c1. The largest absolute Gasteiger partial charge is 0.450 e. The molecule has 0 saturated heterocycles. The van der Waals surface area contributed by atoms with Crippen LogP contribution in [0.2, 0.25) is 5.02 Å². The highest BCUT2D eigenvalue weighted by Gasteiger charge is 2.15. The van der Waals surface area contributed by atoms with Crippen molar-refractivity contribution in [3.05, 3.63) is 75.6 Å². The zero-order chi connectivity index (χ0) is 17.8. The summed E-state index contributed by atoms with van der Waals surface area (Å²) in [7, 11) is 0. The van der Waals surface area contributed by atoms with Gasteiger partial charge in [0.15, 0.2) is 12.0 Å². The van der Waals surface area contributed by atoms with E-state index in [1.54, 1.807) is 48.5 Å². The molecule has 1 heterocycles. The Balaban J connectivity index is 1.66.